The molecule has 0 aliphatic heterocycles. The van der Waals surface area contributed by atoms with Crippen molar-refractivity contribution in [3.63, 3.8) is 0 Å². The summed E-state index contributed by atoms with van der Waals surface area (Å²) in [5.41, 5.74) is 8.57. The van der Waals surface area contributed by atoms with Crippen LogP contribution in [0.4, 0.5) is 11.8 Å². The Morgan fingerprint density at radius 3 is 2.85 bits per heavy atom. The van der Waals surface area contributed by atoms with Crippen LogP contribution in [-0.2, 0) is 11.2 Å². The molecule has 1 aromatic carbocycles. The second-order valence-corrected chi connectivity index (χ2v) is 10.8. The van der Waals surface area contributed by atoms with Gasteiger partial charge in [0.25, 0.3) is 0 Å². The van der Waals surface area contributed by atoms with Crippen molar-refractivity contribution in [2.45, 2.75) is 76.9 Å². The second kappa shape index (κ2) is 11.4. The molecule has 3 heterocycles. The van der Waals surface area contributed by atoms with Crippen molar-refractivity contribution in [2.24, 2.45) is 5.41 Å². The normalized spacial score (nSPS) is 24.0. The molecule has 3 aromatic heterocycles. The average molecular weight is 536 g/mol. The lowest BCUT2D eigenvalue weighted by atomic mass is 9.79. The van der Waals surface area contributed by atoms with Crippen LogP contribution in [0.25, 0.3) is 16.6 Å². The van der Waals surface area contributed by atoms with Gasteiger partial charge in [-0.05, 0) is 54.9 Å². The van der Waals surface area contributed by atoms with E-state index in [4.69, 9.17) is 10.5 Å². The lowest BCUT2D eigenvalue weighted by Crippen LogP contribution is -2.34. The van der Waals surface area contributed by atoms with Crippen LogP contribution in [0, 0.1) is 5.41 Å². The Kier molecular flexibility index (Phi) is 7.94. The number of ether oxygens (including phenoxy) is 1. The van der Waals surface area contributed by atoms with Gasteiger partial charge in [0, 0.05) is 16.9 Å². The third kappa shape index (κ3) is 5.67. The number of nitrogen functional groups attached to an aromatic ring is 1. The summed E-state index contributed by atoms with van der Waals surface area (Å²) in [6, 6.07) is 9.88. The number of nitrogens with one attached hydrogen (secondary N) is 1. The zero-order valence-corrected chi connectivity index (χ0v) is 22.4. The molecule has 1 fully saturated rings. The molecule has 11 heteroatoms. The Bertz CT molecular complexity index is 1430. The lowest BCUT2D eigenvalue weighted by molar-refractivity contribution is -0.0792. The molecular formula is C28H37N7O4. The molecule has 39 heavy (non-hydrogen) atoms. The van der Waals surface area contributed by atoms with Gasteiger partial charge in [0.15, 0.2) is 5.65 Å². The smallest absolute Gasteiger partial charge is 0.236 e. The first kappa shape index (κ1) is 27.2. The molecule has 1 aliphatic rings. The maximum Gasteiger partial charge on any atom is 0.236 e. The van der Waals surface area contributed by atoms with E-state index < -0.39 is 24.0 Å². The molecule has 1 saturated carbocycles. The summed E-state index contributed by atoms with van der Waals surface area (Å²) in [6.07, 6.45) is 5.08. The van der Waals surface area contributed by atoms with Gasteiger partial charge in [0.05, 0.1) is 30.5 Å². The van der Waals surface area contributed by atoms with Crippen LogP contribution < -0.4 is 11.1 Å². The molecule has 4 aromatic rings. The standard InChI is InChI=1S/C28H37N7O4/c1-3-4-5-12-39-27(38)34-22-9-8-18-7-6-17(13-21(18)33-22)10-11-28(2)14-19(23(36)24(28)37)20-15-32-35-25(20)30-16-31-26(35)29/h6-9,13,15-16,19,23-24,27,36-38H,3-5,10-12,14H2,1-2H3,(H,33,34)(H2,29,30,31)/t19-,23-,24-,27?,28-/m0/s1. The Labute approximate surface area is 227 Å². The summed E-state index contributed by atoms with van der Waals surface area (Å²) < 4.78 is 6.87. The number of nitrogens with two attached hydrogens (primary N) is 1. The number of aryl methyl sites for hydroxylation is 1. The van der Waals surface area contributed by atoms with E-state index in [1.54, 1.807) is 6.20 Å². The number of benzene rings is 1. The molecule has 11 nitrogen and oxygen atoms in total. The summed E-state index contributed by atoms with van der Waals surface area (Å²) in [6.45, 7) is 4.62. The van der Waals surface area contributed by atoms with Gasteiger partial charge < -0.3 is 31.1 Å². The van der Waals surface area contributed by atoms with E-state index in [2.05, 4.69) is 38.4 Å². The number of pyridine rings is 1. The Morgan fingerprint density at radius 2 is 2.03 bits per heavy atom. The molecule has 1 aliphatic carbocycles. The molecule has 0 radical (unpaired) electrons. The van der Waals surface area contributed by atoms with Crippen molar-refractivity contribution in [1.29, 1.82) is 0 Å². The largest absolute Gasteiger partial charge is 0.390 e. The molecule has 5 rings (SSSR count). The Morgan fingerprint density at radius 1 is 1.21 bits per heavy atom. The van der Waals surface area contributed by atoms with Crippen LogP contribution in [0.3, 0.4) is 0 Å². The van der Waals surface area contributed by atoms with E-state index in [0.29, 0.717) is 37.3 Å². The van der Waals surface area contributed by atoms with Crippen LogP contribution in [0.1, 0.15) is 63.0 Å². The third-order valence-electron chi connectivity index (χ3n) is 7.93. The highest BCUT2D eigenvalue weighted by atomic mass is 16.6. The van der Waals surface area contributed by atoms with E-state index in [9.17, 15) is 15.3 Å². The minimum Gasteiger partial charge on any atom is -0.390 e. The number of aromatic nitrogens is 5. The van der Waals surface area contributed by atoms with Crippen LogP contribution in [0.5, 0.6) is 0 Å². The molecule has 208 valence electrons. The highest BCUT2D eigenvalue weighted by molar-refractivity contribution is 5.81. The molecule has 5 atom stereocenters. The van der Waals surface area contributed by atoms with Crippen LogP contribution in [0.2, 0.25) is 0 Å². The number of fused-ring (bicyclic) bond motifs is 2. The van der Waals surface area contributed by atoms with Gasteiger partial charge in [-0.15, -0.1) is 0 Å². The van der Waals surface area contributed by atoms with Crippen LogP contribution >= 0.6 is 0 Å². The molecule has 0 spiro atoms. The first-order valence-corrected chi connectivity index (χ1v) is 13.5. The fraction of sp³-hybridized carbons (Fsp3) is 0.500. The van der Waals surface area contributed by atoms with Gasteiger partial charge in [-0.1, -0.05) is 38.8 Å². The zero-order valence-electron chi connectivity index (χ0n) is 22.4. The number of anilines is 2. The second-order valence-electron chi connectivity index (χ2n) is 10.8. The van der Waals surface area contributed by atoms with Gasteiger partial charge in [-0.25, -0.2) is 15.0 Å². The lowest BCUT2D eigenvalue weighted by Gasteiger charge is -2.28. The van der Waals surface area contributed by atoms with Gasteiger partial charge in [0.2, 0.25) is 12.4 Å². The highest BCUT2D eigenvalue weighted by Gasteiger charge is 2.50. The number of aliphatic hydroxyl groups excluding tert-OH is 3. The first-order chi connectivity index (χ1) is 18.8. The maximum atomic E-state index is 11.1. The zero-order chi connectivity index (χ0) is 27.6. The number of nitrogens with zero attached hydrogens (tertiary/aromatic N) is 5. The SMILES string of the molecule is CCCCCOC(O)Nc1ccc2ccc(CC[C@@]3(C)C[C@@H](c4cnn5c(N)ncnc45)[C@H](O)[C@@H]3O)cc2n1. The Hall–Kier alpha value is -3.38. The minimum absolute atomic E-state index is 0.222. The van der Waals surface area contributed by atoms with Gasteiger partial charge in [0.1, 0.15) is 12.1 Å². The monoisotopic (exact) mass is 535 g/mol. The predicted octanol–water partition coefficient (Wildman–Crippen LogP) is 3.00. The van der Waals surface area contributed by atoms with Crippen molar-refractivity contribution in [1.82, 2.24) is 24.6 Å². The topological polar surface area (TPSA) is 164 Å². The van der Waals surface area contributed by atoms with Gasteiger partial charge in [-0.3, -0.25) is 0 Å². The number of aliphatic hydroxyl groups is 3. The first-order valence-electron chi connectivity index (χ1n) is 13.5. The minimum atomic E-state index is -1.12. The van der Waals surface area contributed by atoms with Crippen molar-refractivity contribution in [3.8, 4) is 0 Å². The van der Waals surface area contributed by atoms with E-state index in [1.165, 1.54) is 10.8 Å². The summed E-state index contributed by atoms with van der Waals surface area (Å²) in [4.78, 5) is 12.9. The van der Waals surface area contributed by atoms with Crippen molar-refractivity contribution in [3.05, 3.63) is 54.0 Å². The van der Waals surface area contributed by atoms with Crippen molar-refractivity contribution in [2.75, 3.05) is 17.7 Å². The van der Waals surface area contributed by atoms with E-state index >= 15 is 0 Å². The number of hydrogen-bond acceptors (Lipinski definition) is 10. The van der Waals surface area contributed by atoms with Crippen LogP contribution in [0.15, 0.2) is 42.9 Å². The Balaban J connectivity index is 1.26. The summed E-state index contributed by atoms with van der Waals surface area (Å²) in [5, 5.41) is 40.4. The summed E-state index contributed by atoms with van der Waals surface area (Å²) in [7, 11) is 0. The van der Waals surface area contributed by atoms with Crippen molar-refractivity contribution < 1.29 is 20.1 Å². The highest BCUT2D eigenvalue weighted by Crippen LogP contribution is 2.50. The van der Waals surface area contributed by atoms with Gasteiger partial charge in [-0.2, -0.15) is 9.61 Å². The summed E-state index contributed by atoms with van der Waals surface area (Å²) >= 11 is 0. The molecule has 0 bridgehead atoms. The summed E-state index contributed by atoms with van der Waals surface area (Å²) in [5.74, 6) is 0.434. The van der Waals surface area contributed by atoms with E-state index in [-0.39, 0.29) is 11.9 Å². The predicted molar refractivity (Wildman–Crippen MR) is 148 cm³/mol. The number of hydrogen-bond donors (Lipinski definition) is 5. The average Bonchev–Trinajstić information content (AvgIpc) is 3.46. The number of unbranched alkanes of at least 4 members (excludes halogenated alkanes) is 2. The molecule has 6 N–H and O–H groups in total. The van der Waals surface area contributed by atoms with E-state index in [1.807, 2.05) is 31.2 Å². The fourth-order valence-electron chi connectivity index (χ4n) is 5.57. The quantitative estimate of drug-likeness (QED) is 0.142. The maximum absolute atomic E-state index is 11.1. The molecule has 0 saturated heterocycles. The molecule has 1 unspecified atom stereocenters. The van der Waals surface area contributed by atoms with Crippen molar-refractivity contribution >= 4 is 28.3 Å². The third-order valence-corrected chi connectivity index (χ3v) is 7.93. The number of rotatable bonds is 11. The van der Waals surface area contributed by atoms with Crippen LogP contribution in [-0.4, -0.2) is 65.1 Å². The van der Waals surface area contributed by atoms with Gasteiger partial charge >= 0.3 is 0 Å². The molecular weight excluding hydrogens is 498 g/mol. The molecule has 0 amide bonds. The fourth-order valence-corrected chi connectivity index (χ4v) is 5.57. The van der Waals surface area contributed by atoms with E-state index in [0.717, 1.165) is 41.3 Å².